The van der Waals surface area contributed by atoms with Gasteiger partial charge in [-0.2, -0.15) is 0 Å². The lowest BCUT2D eigenvalue weighted by Gasteiger charge is -2.19. The number of nitrogens with zero attached hydrogens (tertiary/aromatic N) is 1. The van der Waals surface area contributed by atoms with Gasteiger partial charge in [-0.15, -0.1) is 0 Å². The van der Waals surface area contributed by atoms with Gasteiger partial charge in [0.15, 0.2) is 0 Å². The molecule has 0 aliphatic carbocycles. The molecule has 0 radical (unpaired) electrons. The van der Waals surface area contributed by atoms with Crippen molar-refractivity contribution in [1.82, 2.24) is 4.90 Å². The van der Waals surface area contributed by atoms with Gasteiger partial charge in [-0.05, 0) is 53.8 Å². The fraction of sp³-hybridized carbons (Fsp3) is 0.300. The third kappa shape index (κ3) is 4.59. The summed E-state index contributed by atoms with van der Waals surface area (Å²) in [6.45, 7) is 1.29. The number of rotatable bonds is 5. The van der Waals surface area contributed by atoms with Crippen LogP contribution in [0.3, 0.4) is 0 Å². The highest BCUT2D eigenvalue weighted by Crippen LogP contribution is 2.23. The molecule has 0 atom stereocenters. The van der Waals surface area contributed by atoms with Gasteiger partial charge in [0.2, 0.25) is 5.91 Å². The highest BCUT2D eigenvalue weighted by molar-refractivity contribution is 5.93. The summed E-state index contributed by atoms with van der Waals surface area (Å²) in [6.07, 6.45) is 0.862. The summed E-state index contributed by atoms with van der Waals surface area (Å²) < 4.78 is 19.0. The minimum Gasteiger partial charge on any atom is -0.489 e. The zero-order valence-electron chi connectivity index (χ0n) is 14.3. The molecular weight excluding hydrogens is 337 g/mol. The van der Waals surface area contributed by atoms with Gasteiger partial charge in [-0.3, -0.25) is 9.59 Å². The van der Waals surface area contributed by atoms with Crippen LogP contribution in [0.5, 0.6) is 5.75 Å². The Balaban J connectivity index is 1.64. The molecule has 2 aromatic rings. The van der Waals surface area contributed by atoms with Crippen LogP contribution in [0.25, 0.3) is 0 Å². The van der Waals surface area contributed by atoms with Crippen LogP contribution in [0.4, 0.5) is 4.39 Å². The van der Waals surface area contributed by atoms with Gasteiger partial charge in [-0.1, -0.05) is 18.2 Å². The molecule has 0 saturated carbocycles. The van der Waals surface area contributed by atoms with Crippen LogP contribution in [0.1, 0.15) is 23.1 Å². The highest BCUT2D eigenvalue weighted by Gasteiger charge is 2.20. The Morgan fingerprint density at radius 2 is 1.85 bits per heavy atom. The van der Waals surface area contributed by atoms with E-state index in [-0.39, 0.29) is 18.3 Å². The lowest BCUT2D eigenvalue weighted by Crippen LogP contribution is -2.34. The second-order valence-electron chi connectivity index (χ2n) is 6.30. The molecule has 6 heteroatoms. The first kappa shape index (κ1) is 17.9. The van der Waals surface area contributed by atoms with E-state index >= 15 is 0 Å². The number of amides is 1. The van der Waals surface area contributed by atoms with E-state index in [0.29, 0.717) is 31.7 Å². The average molecular weight is 357 g/mol. The van der Waals surface area contributed by atoms with Gasteiger partial charge in [0.25, 0.3) is 0 Å². The normalized spacial score (nSPS) is 13.7. The second-order valence-corrected chi connectivity index (χ2v) is 6.30. The molecule has 0 unspecified atom stereocenters. The quantitative estimate of drug-likeness (QED) is 0.836. The van der Waals surface area contributed by atoms with E-state index in [2.05, 4.69) is 0 Å². The molecule has 2 aromatic carbocycles. The lowest BCUT2D eigenvalue weighted by atomic mass is 10.0. The lowest BCUT2D eigenvalue weighted by molar-refractivity contribution is -0.144. The van der Waals surface area contributed by atoms with Crippen LogP contribution in [-0.4, -0.2) is 35.0 Å². The third-order valence-electron chi connectivity index (χ3n) is 4.43. The summed E-state index contributed by atoms with van der Waals surface area (Å²) in [4.78, 5) is 24.3. The maximum absolute atomic E-state index is 13.2. The van der Waals surface area contributed by atoms with Crippen LogP contribution in [0.2, 0.25) is 0 Å². The Bertz CT molecular complexity index is 821. The predicted octanol–water partition coefficient (Wildman–Crippen LogP) is 2.81. The molecule has 0 fully saturated rings. The van der Waals surface area contributed by atoms with Crippen molar-refractivity contribution in [3.63, 3.8) is 0 Å². The van der Waals surface area contributed by atoms with E-state index in [1.54, 1.807) is 17.0 Å². The van der Waals surface area contributed by atoms with Gasteiger partial charge >= 0.3 is 5.97 Å². The van der Waals surface area contributed by atoms with E-state index < -0.39 is 12.4 Å². The molecule has 136 valence electrons. The first-order valence-corrected chi connectivity index (χ1v) is 8.50. The maximum atomic E-state index is 13.2. The van der Waals surface area contributed by atoms with Crippen molar-refractivity contribution in [2.45, 2.75) is 25.9 Å². The van der Waals surface area contributed by atoms with Gasteiger partial charge in [0.1, 0.15) is 24.6 Å². The van der Waals surface area contributed by atoms with Crippen LogP contribution < -0.4 is 4.74 Å². The molecule has 0 spiro atoms. The highest BCUT2D eigenvalue weighted by atomic mass is 19.1. The molecule has 1 amide bonds. The third-order valence-corrected chi connectivity index (χ3v) is 4.43. The number of halogens is 1. The Morgan fingerprint density at radius 3 is 2.58 bits per heavy atom. The molecule has 5 nitrogen and oxygen atoms in total. The van der Waals surface area contributed by atoms with Crippen molar-refractivity contribution in [2.75, 3.05) is 13.1 Å². The first-order valence-electron chi connectivity index (χ1n) is 8.50. The zero-order chi connectivity index (χ0) is 18.5. The minimum absolute atomic E-state index is 0.278. The summed E-state index contributed by atoms with van der Waals surface area (Å²) in [5.41, 5.74) is 2.98. The molecule has 26 heavy (non-hydrogen) atoms. The topological polar surface area (TPSA) is 66.8 Å². The number of hydrogen-bond donors (Lipinski definition) is 1. The van der Waals surface area contributed by atoms with Crippen molar-refractivity contribution in [3.05, 3.63) is 65.0 Å². The first-order chi connectivity index (χ1) is 12.5. The fourth-order valence-corrected chi connectivity index (χ4v) is 3.08. The number of aliphatic carboxylic acids is 1. The summed E-state index contributed by atoms with van der Waals surface area (Å²) in [7, 11) is 0. The van der Waals surface area contributed by atoms with Gasteiger partial charge < -0.3 is 14.7 Å². The molecule has 1 aliphatic rings. The summed E-state index contributed by atoms with van der Waals surface area (Å²) in [5.74, 6) is -1.06. The molecular formula is C20H20FNO4. The van der Waals surface area contributed by atoms with E-state index in [1.165, 1.54) is 12.1 Å². The summed E-state index contributed by atoms with van der Waals surface area (Å²) in [5, 5.41) is 8.78. The molecule has 0 aromatic heterocycles. The molecule has 0 bridgehead atoms. The van der Waals surface area contributed by atoms with E-state index in [9.17, 15) is 14.0 Å². The largest absolute Gasteiger partial charge is 0.489 e. The smallest absolute Gasteiger partial charge is 0.312 e. The van der Waals surface area contributed by atoms with Crippen molar-refractivity contribution in [2.24, 2.45) is 0 Å². The summed E-state index contributed by atoms with van der Waals surface area (Å²) >= 11 is 0. The van der Waals surface area contributed by atoms with Crippen molar-refractivity contribution in [3.8, 4) is 5.75 Å². The SMILES string of the molecule is O=C(O)CC(=O)N1CCc2ccc(OCc3cccc(F)c3)cc2CC1. The number of fused-ring (bicyclic) bond motifs is 1. The van der Waals surface area contributed by atoms with Gasteiger partial charge in [-0.25, -0.2) is 4.39 Å². The number of ether oxygens (including phenoxy) is 1. The van der Waals surface area contributed by atoms with Crippen LogP contribution in [0, 0.1) is 5.82 Å². The van der Waals surface area contributed by atoms with Crippen LogP contribution >= 0.6 is 0 Å². The Kier molecular flexibility index (Phi) is 5.51. The number of carboxylic acid groups (broad SMARTS) is 1. The summed E-state index contributed by atoms with van der Waals surface area (Å²) in [6, 6.07) is 12.1. The zero-order valence-corrected chi connectivity index (χ0v) is 14.3. The van der Waals surface area contributed by atoms with Gasteiger partial charge in [0.05, 0.1) is 0 Å². The number of carbonyl (C=O) groups excluding carboxylic acids is 1. The van der Waals surface area contributed by atoms with Crippen LogP contribution in [-0.2, 0) is 29.0 Å². The van der Waals surface area contributed by atoms with E-state index in [1.807, 2.05) is 18.2 Å². The molecule has 0 saturated heterocycles. The monoisotopic (exact) mass is 357 g/mol. The molecule has 3 rings (SSSR count). The maximum Gasteiger partial charge on any atom is 0.312 e. The molecule has 1 N–H and O–H groups in total. The fourth-order valence-electron chi connectivity index (χ4n) is 3.08. The van der Waals surface area contributed by atoms with Crippen molar-refractivity contribution < 1.29 is 23.8 Å². The van der Waals surface area contributed by atoms with Crippen LogP contribution in [0.15, 0.2) is 42.5 Å². The van der Waals surface area contributed by atoms with Crippen molar-refractivity contribution >= 4 is 11.9 Å². The molecule has 1 heterocycles. The Morgan fingerprint density at radius 1 is 1.08 bits per heavy atom. The van der Waals surface area contributed by atoms with Gasteiger partial charge in [0, 0.05) is 13.1 Å². The standard InChI is InChI=1S/C20H20FNO4/c21-17-3-1-2-14(10-17)13-26-18-5-4-15-6-8-22(9-7-16(15)11-18)19(23)12-20(24)25/h1-5,10-11H,6-9,12-13H2,(H,24,25). The van der Waals surface area contributed by atoms with Crippen molar-refractivity contribution in [1.29, 1.82) is 0 Å². The Labute approximate surface area is 151 Å². The minimum atomic E-state index is -1.11. The number of hydrogen-bond acceptors (Lipinski definition) is 3. The number of benzene rings is 2. The number of carboxylic acids is 1. The number of carbonyl (C=O) groups is 2. The molecule has 1 aliphatic heterocycles. The van der Waals surface area contributed by atoms with E-state index in [0.717, 1.165) is 16.7 Å². The second kappa shape index (κ2) is 7.99. The Hall–Kier alpha value is -2.89. The average Bonchev–Trinajstić information content (AvgIpc) is 2.81. The van der Waals surface area contributed by atoms with E-state index in [4.69, 9.17) is 9.84 Å². The predicted molar refractivity (Wildman–Crippen MR) is 93.4 cm³/mol.